The Hall–Kier alpha value is -2.45. The molecular weight excluding hydrogens is 300 g/mol. The monoisotopic (exact) mass is 318 g/mol. The van der Waals surface area contributed by atoms with E-state index in [1.165, 1.54) is 22.7 Å². The Morgan fingerprint density at radius 3 is 2.70 bits per heavy atom. The number of nitrogens with two attached hydrogens (primary N) is 1. The number of fused-ring (bicyclic) bond motifs is 1. The fraction of sp³-hybridized carbons (Fsp3) is 0.400. The first-order valence-corrected chi connectivity index (χ1v) is 7.36. The third-order valence-corrected chi connectivity index (χ3v) is 3.85. The van der Waals surface area contributed by atoms with E-state index < -0.39 is 12.0 Å². The zero-order valence-electron chi connectivity index (χ0n) is 12.7. The number of ether oxygens (including phenoxy) is 1. The topological polar surface area (TPSA) is 110 Å². The Bertz CT molecular complexity index is 809. The minimum atomic E-state index is -1.11. The number of carboxylic acids is 1. The first-order chi connectivity index (χ1) is 11.0. The molecule has 0 saturated carbocycles. The van der Waals surface area contributed by atoms with Gasteiger partial charge in [-0.3, -0.25) is 9.20 Å². The number of carboxylic acid groups (broad SMARTS) is 1. The van der Waals surface area contributed by atoms with Gasteiger partial charge in [-0.15, -0.1) is 0 Å². The maximum atomic E-state index is 12.4. The molecule has 3 rings (SSSR count). The molecule has 8 heteroatoms. The maximum Gasteiger partial charge on any atom is 0.337 e. The van der Waals surface area contributed by atoms with Gasteiger partial charge in [0.25, 0.3) is 5.56 Å². The van der Waals surface area contributed by atoms with Crippen molar-refractivity contribution in [2.24, 2.45) is 5.73 Å². The van der Waals surface area contributed by atoms with Gasteiger partial charge < -0.3 is 20.5 Å². The fourth-order valence-electron chi connectivity index (χ4n) is 2.62. The van der Waals surface area contributed by atoms with E-state index in [1.54, 1.807) is 6.92 Å². The minimum Gasteiger partial charge on any atom is -0.478 e. The first kappa shape index (κ1) is 15.4. The van der Waals surface area contributed by atoms with Crippen LogP contribution in [0.5, 0.6) is 0 Å². The number of pyridine rings is 1. The Morgan fingerprint density at radius 2 is 2.09 bits per heavy atom. The summed E-state index contributed by atoms with van der Waals surface area (Å²) >= 11 is 0. The summed E-state index contributed by atoms with van der Waals surface area (Å²) in [6.45, 7) is 4.21. The number of aromatic carboxylic acids is 1. The van der Waals surface area contributed by atoms with Crippen molar-refractivity contribution in [1.29, 1.82) is 0 Å². The predicted molar refractivity (Wildman–Crippen MR) is 84.1 cm³/mol. The number of hydrogen-bond acceptors (Lipinski definition) is 6. The lowest BCUT2D eigenvalue weighted by Gasteiger charge is -2.28. The SMILES string of the molecule is CC(N)c1cc(C(=O)O)cn2c(=O)cc(N3CCOCC3)nc12. The van der Waals surface area contributed by atoms with Gasteiger partial charge >= 0.3 is 5.97 Å². The smallest absolute Gasteiger partial charge is 0.337 e. The van der Waals surface area contributed by atoms with E-state index >= 15 is 0 Å². The van der Waals surface area contributed by atoms with Crippen molar-refractivity contribution in [3.05, 3.63) is 39.8 Å². The van der Waals surface area contributed by atoms with E-state index in [0.29, 0.717) is 43.3 Å². The Kier molecular flexibility index (Phi) is 4.01. The lowest BCUT2D eigenvalue weighted by atomic mass is 10.1. The molecule has 0 aromatic carbocycles. The molecule has 122 valence electrons. The summed E-state index contributed by atoms with van der Waals surface area (Å²) < 4.78 is 6.55. The molecular formula is C15H18N4O4. The van der Waals surface area contributed by atoms with Gasteiger partial charge in [0.05, 0.1) is 18.8 Å². The predicted octanol–water partition coefficient (Wildman–Crippen LogP) is 0.249. The highest BCUT2D eigenvalue weighted by Crippen LogP contribution is 2.20. The molecule has 1 atom stereocenters. The third-order valence-electron chi connectivity index (χ3n) is 3.85. The van der Waals surface area contributed by atoms with Crippen LogP contribution in [0.1, 0.15) is 28.9 Å². The van der Waals surface area contributed by atoms with E-state index in [9.17, 15) is 14.7 Å². The van der Waals surface area contributed by atoms with Gasteiger partial charge in [0.1, 0.15) is 11.5 Å². The van der Waals surface area contributed by atoms with Crippen LogP contribution in [0.15, 0.2) is 23.1 Å². The van der Waals surface area contributed by atoms with Crippen molar-refractivity contribution >= 4 is 17.4 Å². The molecule has 3 N–H and O–H groups in total. The summed E-state index contributed by atoms with van der Waals surface area (Å²) in [5.41, 5.74) is 6.53. The van der Waals surface area contributed by atoms with Gasteiger partial charge in [-0.1, -0.05) is 0 Å². The molecule has 1 aliphatic heterocycles. The number of nitrogens with zero attached hydrogens (tertiary/aromatic N) is 3. The molecule has 2 aromatic rings. The standard InChI is InChI=1S/C15H18N4O4/c1-9(16)11-6-10(15(21)22)8-19-13(20)7-12(17-14(11)19)18-2-4-23-5-3-18/h6-9H,2-5,16H2,1H3,(H,21,22). The van der Waals surface area contributed by atoms with Crippen LogP contribution in [0.25, 0.3) is 5.65 Å². The number of carbonyl (C=O) groups is 1. The van der Waals surface area contributed by atoms with Crippen molar-refractivity contribution in [2.45, 2.75) is 13.0 Å². The molecule has 0 bridgehead atoms. The van der Waals surface area contributed by atoms with Crippen molar-refractivity contribution in [3.63, 3.8) is 0 Å². The van der Waals surface area contributed by atoms with Crippen LogP contribution in [0.2, 0.25) is 0 Å². The van der Waals surface area contributed by atoms with Crippen LogP contribution in [0.3, 0.4) is 0 Å². The second-order valence-electron chi connectivity index (χ2n) is 5.52. The lowest BCUT2D eigenvalue weighted by molar-refractivity contribution is 0.0696. The van der Waals surface area contributed by atoms with Crippen LogP contribution < -0.4 is 16.2 Å². The van der Waals surface area contributed by atoms with E-state index in [-0.39, 0.29) is 11.1 Å². The van der Waals surface area contributed by atoms with Crippen LogP contribution in [0, 0.1) is 0 Å². The van der Waals surface area contributed by atoms with Crippen LogP contribution in [0.4, 0.5) is 5.82 Å². The van der Waals surface area contributed by atoms with E-state index in [4.69, 9.17) is 10.5 Å². The minimum absolute atomic E-state index is 0.00724. The largest absolute Gasteiger partial charge is 0.478 e. The molecule has 0 radical (unpaired) electrons. The number of aromatic nitrogens is 2. The van der Waals surface area contributed by atoms with Gasteiger partial charge in [-0.2, -0.15) is 0 Å². The number of rotatable bonds is 3. The molecule has 0 spiro atoms. The number of hydrogen-bond donors (Lipinski definition) is 2. The summed E-state index contributed by atoms with van der Waals surface area (Å²) in [4.78, 5) is 30.2. The summed E-state index contributed by atoms with van der Waals surface area (Å²) in [7, 11) is 0. The summed E-state index contributed by atoms with van der Waals surface area (Å²) in [6, 6.07) is 2.43. The Balaban J connectivity index is 2.22. The van der Waals surface area contributed by atoms with Crippen LogP contribution >= 0.6 is 0 Å². The summed E-state index contributed by atoms with van der Waals surface area (Å²) in [5.74, 6) is -0.554. The molecule has 0 aliphatic carbocycles. The molecule has 23 heavy (non-hydrogen) atoms. The average Bonchev–Trinajstić information content (AvgIpc) is 2.54. The molecule has 3 heterocycles. The van der Waals surface area contributed by atoms with Crippen molar-refractivity contribution in [2.75, 3.05) is 31.2 Å². The van der Waals surface area contributed by atoms with Crippen molar-refractivity contribution in [1.82, 2.24) is 9.38 Å². The highest BCUT2D eigenvalue weighted by molar-refractivity contribution is 5.88. The second-order valence-corrected chi connectivity index (χ2v) is 5.52. The Labute approximate surface area is 132 Å². The quantitative estimate of drug-likeness (QED) is 0.834. The van der Waals surface area contributed by atoms with Crippen molar-refractivity contribution in [3.8, 4) is 0 Å². The first-order valence-electron chi connectivity index (χ1n) is 7.36. The van der Waals surface area contributed by atoms with Gasteiger partial charge in [-0.25, -0.2) is 9.78 Å². The van der Waals surface area contributed by atoms with Gasteiger partial charge in [0.15, 0.2) is 0 Å². The van der Waals surface area contributed by atoms with Crippen molar-refractivity contribution < 1.29 is 14.6 Å². The molecule has 2 aromatic heterocycles. The van der Waals surface area contributed by atoms with Gasteiger partial charge in [0, 0.05) is 37.0 Å². The van der Waals surface area contributed by atoms with E-state index in [1.807, 2.05) is 4.90 Å². The molecule has 0 amide bonds. The lowest BCUT2D eigenvalue weighted by Crippen LogP contribution is -2.37. The average molecular weight is 318 g/mol. The number of anilines is 1. The Morgan fingerprint density at radius 1 is 1.39 bits per heavy atom. The fourth-order valence-corrected chi connectivity index (χ4v) is 2.62. The molecule has 1 aliphatic rings. The highest BCUT2D eigenvalue weighted by atomic mass is 16.5. The zero-order chi connectivity index (χ0) is 16.6. The normalized spacial score (nSPS) is 16.5. The van der Waals surface area contributed by atoms with E-state index in [0.717, 1.165) is 0 Å². The van der Waals surface area contributed by atoms with E-state index in [2.05, 4.69) is 4.98 Å². The highest BCUT2D eigenvalue weighted by Gasteiger charge is 2.18. The molecule has 1 unspecified atom stereocenters. The third kappa shape index (κ3) is 2.90. The molecule has 8 nitrogen and oxygen atoms in total. The van der Waals surface area contributed by atoms with Gasteiger partial charge in [0.2, 0.25) is 0 Å². The summed E-state index contributed by atoms with van der Waals surface area (Å²) in [5, 5.41) is 9.20. The molecule has 1 saturated heterocycles. The maximum absolute atomic E-state index is 12.4. The summed E-state index contributed by atoms with van der Waals surface area (Å²) in [6.07, 6.45) is 1.28. The van der Waals surface area contributed by atoms with Crippen LogP contribution in [-0.4, -0.2) is 46.8 Å². The van der Waals surface area contributed by atoms with Crippen LogP contribution in [-0.2, 0) is 4.74 Å². The second kappa shape index (κ2) is 5.98. The van der Waals surface area contributed by atoms with Gasteiger partial charge in [-0.05, 0) is 13.0 Å². The molecule has 1 fully saturated rings. The zero-order valence-corrected chi connectivity index (χ0v) is 12.7. The number of morpholine rings is 1.